The minimum atomic E-state index is 0. The number of rotatable bonds is 0. The Kier molecular flexibility index (Phi) is 50.9. The van der Waals surface area contributed by atoms with Crippen molar-refractivity contribution in [1.29, 1.82) is 0 Å². The van der Waals surface area contributed by atoms with Crippen molar-refractivity contribution >= 4 is 31.9 Å². The first-order chi connectivity index (χ1) is 1.41. The molecule has 0 fully saturated rings. The van der Waals surface area contributed by atoms with Crippen LogP contribution in [0.5, 0.6) is 0 Å². The second kappa shape index (κ2) is 16.3. The molecule has 0 aromatic rings. The molecule has 0 bridgehead atoms. The molecule has 0 spiro atoms. The molecule has 0 unspecified atom stereocenters. The van der Waals surface area contributed by atoms with Gasteiger partial charge in [0.05, 0.1) is 4.24 Å². The molecule has 5 heavy (non-hydrogen) atoms. The SMILES string of the molecule is BrCBr.[Ti].[Zn]. The molecule has 0 saturated heterocycles. The molecule has 0 aromatic heterocycles. The third kappa shape index (κ3) is 22.0. The summed E-state index contributed by atoms with van der Waals surface area (Å²) < 4.78 is 0.875. The predicted octanol–water partition coefficient (Wildman–Crippen LogP) is 1.73. The summed E-state index contributed by atoms with van der Waals surface area (Å²) in [5, 5.41) is 0. The first-order valence-electron chi connectivity index (χ1n) is 0.535. The minimum absolute atomic E-state index is 0. The molecule has 0 saturated carbocycles. The topological polar surface area (TPSA) is 0 Å². The fourth-order valence-electron chi connectivity index (χ4n) is 0. The van der Waals surface area contributed by atoms with E-state index in [1.807, 2.05) is 0 Å². The average molecular weight is 287 g/mol. The van der Waals surface area contributed by atoms with E-state index in [0.717, 1.165) is 4.24 Å². The maximum absolute atomic E-state index is 3.06. The predicted molar refractivity (Wildman–Crippen MR) is 22.7 cm³/mol. The molecule has 0 aliphatic heterocycles. The van der Waals surface area contributed by atoms with Crippen LogP contribution in [0, 0.1) is 0 Å². The molecule has 0 heterocycles. The van der Waals surface area contributed by atoms with E-state index in [2.05, 4.69) is 31.9 Å². The van der Waals surface area contributed by atoms with Gasteiger partial charge in [0.2, 0.25) is 0 Å². The van der Waals surface area contributed by atoms with Crippen molar-refractivity contribution in [3.05, 3.63) is 0 Å². The van der Waals surface area contributed by atoms with Gasteiger partial charge in [0.15, 0.2) is 0 Å². The van der Waals surface area contributed by atoms with Gasteiger partial charge in [0.25, 0.3) is 0 Å². The van der Waals surface area contributed by atoms with Crippen LogP contribution < -0.4 is 0 Å². The van der Waals surface area contributed by atoms with E-state index in [-0.39, 0.29) is 41.2 Å². The zero-order valence-electron chi connectivity index (χ0n) is 2.67. The first-order valence-corrected chi connectivity index (χ1v) is 2.78. The standard InChI is InChI=1S/CH2Br2.Ti.Zn/c2-1-3;;/h1H2;;. The summed E-state index contributed by atoms with van der Waals surface area (Å²) in [5.74, 6) is 0. The summed E-state index contributed by atoms with van der Waals surface area (Å²) in [4.78, 5) is 0. The Hall–Kier alpha value is 2.30. The molecule has 0 amide bonds. The van der Waals surface area contributed by atoms with Crippen LogP contribution in [0.1, 0.15) is 0 Å². The Morgan fingerprint density at radius 2 is 1.20 bits per heavy atom. The van der Waals surface area contributed by atoms with Crippen LogP contribution in [0.4, 0.5) is 0 Å². The molecule has 0 atom stereocenters. The molecule has 4 heteroatoms. The van der Waals surface area contributed by atoms with Gasteiger partial charge in [-0.15, -0.1) is 0 Å². The third-order valence-electron chi connectivity index (χ3n) is 0. The second-order valence-electron chi connectivity index (χ2n) is 0.101. The molecular formula is CH2Br2TiZn. The molecule has 0 rings (SSSR count). The van der Waals surface area contributed by atoms with Crippen molar-refractivity contribution in [2.24, 2.45) is 0 Å². The Morgan fingerprint density at radius 3 is 1.20 bits per heavy atom. The third-order valence-corrected chi connectivity index (χ3v) is 0. The Balaban J connectivity index is -0.0000000200. The van der Waals surface area contributed by atoms with E-state index in [9.17, 15) is 0 Å². The Labute approximate surface area is 76.4 Å². The van der Waals surface area contributed by atoms with Gasteiger partial charge in [-0.05, 0) is 0 Å². The summed E-state index contributed by atoms with van der Waals surface area (Å²) >= 11 is 6.12. The van der Waals surface area contributed by atoms with Crippen LogP contribution in [0.15, 0.2) is 0 Å². The van der Waals surface area contributed by atoms with Gasteiger partial charge < -0.3 is 0 Å². The van der Waals surface area contributed by atoms with Crippen LogP contribution in [0.25, 0.3) is 0 Å². The molecule has 0 N–H and O–H groups in total. The molecule has 0 aliphatic carbocycles. The molecule has 0 nitrogen and oxygen atoms in total. The van der Waals surface area contributed by atoms with Crippen LogP contribution in [-0.4, -0.2) is 4.24 Å². The summed E-state index contributed by atoms with van der Waals surface area (Å²) in [6, 6.07) is 0. The summed E-state index contributed by atoms with van der Waals surface area (Å²) in [5.41, 5.74) is 0. The largest absolute Gasteiger partial charge is 0.0802 e. The van der Waals surface area contributed by atoms with Crippen LogP contribution in [0.2, 0.25) is 0 Å². The van der Waals surface area contributed by atoms with Gasteiger partial charge >= 0.3 is 0 Å². The number of alkyl halides is 2. The van der Waals surface area contributed by atoms with Gasteiger partial charge in [-0.3, -0.25) is 0 Å². The van der Waals surface area contributed by atoms with E-state index in [0.29, 0.717) is 0 Å². The van der Waals surface area contributed by atoms with Gasteiger partial charge in [-0.2, -0.15) is 0 Å². The smallest absolute Gasteiger partial charge is 0.0588 e. The quantitative estimate of drug-likeness (QED) is 0.470. The van der Waals surface area contributed by atoms with E-state index < -0.39 is 0 Å². The second-order valence-corrected chi connectivity index (χ2v) is 2.73. The summed E-state index contributed by atoms with van der Waals surface area (Å²) in [6.45, 7) is 0. The van der Waals surface area contributed by atoms with Gasteiger partial charge in [0, 0.05) is 41.2 Å². The van der Waals surface area contributed by atoms with Crippen LogP contribution in [0.3, 0.4) is 0 Å². The zero-order chi connectivity index (χ0) is 2.71. The fraction of sp³-hybridized carbons (Fsp3) is 1.00. The van der Waals surface area contributed by atoms with Gasteiger partial charge in [-0.25, -0.2) is 0 Å². The first kappa shape index (κ1) is 15.7. The fourth-order valence-corrected chi connectivity index (χ4v) is 0. The van der Waals surface area contributed by atoms with E-state index in [4.69, 9.17) is 0 Å². The molecule has 26 valence electrons. The molecular weight excluding hydrogens is 285 g/mol. The van der Waals surface area contributed by atoms with E-state index in [1.54, 1.807) is 0 Å². The minimum Gasteiger partial charge on any atom is -0.0802 e. The van der Waals surface area contributed by atoms with E-state index >= 15 is 0 Å². The normalized spacial score (nSPS) is 3.60. The van der Waals surface area contributed by atoms with Crippen molar-refractivity contribution in [2.45, 2.75) is 0 Å². The van der Waals surface area contributed by atoms with Gasteiger partial charge in [-0.1, -0.05) is 31.9 Å². The van der Waals surface area contributed by atoms with Crippen molar-refractivity contribution in [1.82, 2.24) is 0 Å². The average Bonchev–Trinajstić information content (AvgIpc) is 0.918. The van der Waals surface area contributed by atoms with Crippen molar-refractivity contribution in [3.8, 4) is 0 Å². The van der Waals surface area contributed by atoms with Gasteiger partial charge in [0.1, 0.15) is 0 Å². The Morgan fingerprint density at radius 1 is 1.20 bits per heavy atom. The number of hydrogen-bond donors (Lipinski definition) is 0. The van der Waals surface area contributed by atoms with Crippen molar-refractivity contribution < 1.29 is 41.2 Å². The summed E-state index contributed by atoms with van der Waals surface area (Å²) in [6.07, 6.45) is 0. The number of hydrogen-bond acceptors (Lipinski definition) is 0. The maximum Gasteiger partial charge on any atom is 0.0588 e. The Bertz CT molecular complexity index is 9.61. The molecule has 0 aromatic carbocycles. The zero-order valence-corrected chi connectivity index (χ0v) is 10.4. The number of halogens is 2. The van der Waals surface area contributed by atoms with Crippen LogP contribution >= 0.6 is 31.9 Å². The molecule has 0 aliphatic rings. The monoisotopic (exact) mass is 284 g/mol. The van der Waals surface area contributed by atoms with Crippen LogP contribution in [-0.2, 0) is 41.2 Å². The van der Waals surface area contributed by atoms with Crippen molar-refractivity contribution in [3.63, 3.8) is 0 Å². The maximum atomic E-state index is 3.06. The molecule has 0 radical (unpaired) electrons. The van der Waals surface area contributed by atoms with Crippen molar-refractivity contribution in [2.75, 3.05) is 4.24 Å². The van der Waals surface area contributed by atoms with E-state index in [1.165, 1.54) is 0 Å². The summed E-state index contributed by atoms with van der Waals surface area (Å²) in [7, 11) is 0.